The van der Waals surface area contributed by atoms with Crippen molar-refractivity contribution in [3.63, 3.8) is 0 Å². The third-order valence-corrected chi connectivity index (χ3v) is 5.91. The van der Waals surface area contributed by atoms with Gasteiger partial charge in [-0.3, -0.25) is 0 Å². The number of alkyl halides is 5. The Morgan fingerprint density at radius 2 is 1.03 bits per heavy atom. The van der Waals surface area contributed by atoms with Gasteiger partial charge in [0, 0.05) is 12.2 Å². The Hall–Kier alpha value is -0.0400. The minimum absolute atomic E-state index is 0.0588. The molecule has 0 unspecified atom stereocenters. The molecule has 0 amide bonds. The topological polar surface area (TPSA) is 9.23 Å². The van der Waals surface area contributed by atoms with Crippen LogP contribution in [0.3, 0.4) is 0 Å². The molecule has 0 aromatic carbocycles. The van der Waals surface area contributed by atoms with Crippen LogP contribution in [0.2, 0.25) is 0 Å². The van der Waals surface area contributed by atoms with E-state index in [0.29, 0.717) is 12.5 Å². The van der Waals surface area contributed by atoms with Crippen LogP contribution in [0.4, 0.5) is 22.0 Å². The third kappa shape index (κ3) is 18.4. The number of thioether (sulfide) groups is 1. The molecule has 0 atom stereocenters. The second kappa shape index (κ2) is 17.6. The van der Waals surface area contributed by atoms with Gasteiger partial charge in [0.15, 0.2) is 0 Å². The van der Waals surface area contributed by atoms with Crippen LogP contribution in [-0.4, -0.2) is 36.3 Å². The van der Waals surface area contributed by atoms with E-state index < -0.39 is 18.5 Å². The normalized spacial score (nSPS) is 12.8. The summed E-state index contributed by atoms with van der Waals surface area (Å²) in [6, 6.07) is 0. The van der Waals surface area contributed by atoms with Gasteiger partial charge in [0.25, 0.3) is 0 Å². The lowest BCUT2D eigenvalue weighted by atomic mass is 10.0. The Bertz CT molecular complexity index is 362. The average molecular weight is 449 g/mol. The quantitative estimate of drug-likeness (QED) is 0.136. The molecule has 0 aromatic heterocycles. The summed E-state index contributed by atoms with van der Waals surface area (Å²) in [5.41, 5.74) is 0. The van der Waals surface area contributed by atoms with Crippen LogP contribution in [0, 0.1) is 0 Å². The number of halogens is 5. The zero-order valence-corrected chi connectivity index (χ0v) is 19.1. The summed E-state index contributed by atoms with van der Waals surface area (Å²) in [7, 11) is 0. The van der Waals surface area contributed by atoms with Crippen LogP contribution >= 0.6 is 11.8 Å². The van der Waals surface area contributed by atoms with Gasteiger partial charge in [0.1, 0.15) is 0 Å². The van der Waals surface area contributed by atoms with Gasteiger partial charge < -0.3 is 4.74 Å². The lowest BCUT2D eigenvalue weighted by molar-refractivity contribution is -0.284. The minimum Gasteiger partial charge on any atom is -0.378 e. The molecule has 0 fully saturated rings. The van der Waals surface area contributed by atoms with E-state index in [1.807, 2.05) is 11.8 Å². The van der Waals surface area contributed by atoms with Crippen molar-refractivity contribution >= 4 is 11.8 Å². The van der Waals surface area contributed by atoms with Gasteiger partial charge in [-0.1, -0.05) is 70.6 Å². The van der Waals surface area contributed by atoms with Crippen LogP contribution in [0.15, 0.2) is 0 Å². The van der Waals surface area contributed by atoms with Gasteiger partial charge >= 0.3 is 12.1 Å². The Balaban J connectivity index is 3.19. The van der Waals surface area contributed by atoms with Gasteiger partial charge in [-0.2, -0.15) is 33.7 Å². The summed E-state index contributed by atoms with van der Waals surface area (Å²) in [6.45, 7) is 4.96. The summed E-state index contributed by atoms with van der Waals surface area (Å²) in [6.07, 6.45) is 6.94. The van der Waals surface area contributed by atoms with Gasteiger partial charge in [-0.15, -0.1) is 0 Å². The Morgan fingerprint density at radius 3 is 1.45 bits per heavy atom. The van der Waals surface area contributed by atoms with Gasteiger partial charge in [0.05, 0.1) is 12.7 Å². The molecule has 0 N–H and O–H groups in total. The number of hydrogen-bond acceptors (Lipinski definition) is 2. The number of hydrogen-bond donors (Lipinski definition) is 0. The number of rotatable bonds is 20. The van der Waals surface area contributed by atoms with Gasteiger partial charge in [-0.05, 0) is 32.4 Å². The van der Waals surface area contributed by atoms with Crippen LogP contribution in [-0.2, 0) is 4.74 Å². The van der Waals surface area contributed by atoms with Gasteiger partial charge in [0.2, 0.25) is 0 Å². The molecule has 0 aliphatic heterocycles. The molecule has 0 aliphatic rings. The number of unbranched alkanes of at least 4 members (excludes halogenated alkanes) is 12. The van der Waals surface area contributed by atoms with E-state index in [-0.39, 0.29) is 6.42 Å². The number of ether oxygens (including phenoxy) is 1. The zero-order chi connectivity index (χ0) is 22.0. The summed E-state index contributed by atoms with van der Waals surface area (Å²) >= 11 is 1.97. The SMILES string of the molecule is CC(C)OCCSCCCCCCCCCCCCCCCC(F)(F)C(F)(F)F. The molecule has 0 spiro atoms. The first kappa shape index (κ1) is 29.0. The fourth-order valence-corrected chi connectivity index (χ4v) is 3.91. The predicted octanol–water partition coefficient (Wildman–Crippen LogP) is 8.80. The van der Waals surface area contributed by atoms with Crippen molar-refractivity contribution in [2.24, 2.45) is 0 Å². The minimum atomic E-state index is -5.41. The highest BCUT2D eigenvalue weighted by Gasteiger charge is 2.56. The van der Waals surface area contributed by atoms with E-state index in [1.165, 1.54) is 50.7 Å². The highest BCUT2D eigenvalue weighted by molar-refractivity contribution is 7.99. The smallest absolute Gasteiger partial charge is 0.378 e. The molecular formula is C22H41F5OS. The first-order chi connectivity index (χ1) is 13.7. The van der Waals surface area contributed by atoms with Crippen LogP contribution < -0.4 is 0 Å². The highest BCUT2D eigenvalue weighted by Crippen LogP contribution is 2.39. The van der Waals surface area contributed by atoms with Crippen molar-refractivity contribution in [1.82, 2.24) is 0 Å². The summed E-state index contributed by atoms with van der Waals surface area (Å²) in [5, 5.41) is 0. The van der Waals surface area contributed by atoms with E-state index in [2.05, 4.69) is 13.8 Å². The second-order valence-electron chi connectivity index (χ2n) is 8.08. The standard InChI is InChI=1S/C22H41F5OS/c1-20(2)28-17-19-29-18-15-13-11-9-7-5-3-4-6-8-10-12-14-16-21(23,24)22(25,26)27/h20H,3-19H2,1-2H3. The van der Waals surface area contributed by atoms with E-state index in [9.17, 15) is 22.0 Å². The molecule has 0 aliphatic carbocycles. The molecule has 0 saturated carbocycles. The highest BCUT2D eigenvalue weighted by atomic mass is 32.2. The fraction of sp³-hybridized carbons (Fsp3) is 1.00. The molecule has 1 nitrogen and oxygen atoms in total. The maximum Gasteiger partial charge on any atom is 0.453 e. The maximum absolute atomic E-state index is 12.7. The van der Waals surface area contributed by atoms with Crippen LogP contribution in [0.25, 0.3) is 0 Å². The van der Waals surface area contributed by atoms with Crippen molar-refractivity contribution in [1.29, 1.82) is 0 Å². The maximum atomic E-state index is 12.7. The van der Waals surface area contributed by atoms with Crippen LogP contribution in [0.5, 0.6) is 0 Å². The second-order valence-corrected chi connectivity index (χ2v) is 9.31. The van der Waals surface area contributed by atoms with Gasteiger partial charge in [-0.25, -0.2) is 0 Å². The molecule has 29 heavy (non-hydrogen) atoms. The molecule has 0 radical (unpaired) electrons. The van der Waals surface area contributed by atoms with E-state index in [0.717, 1.165) is 38.0 Å². The summed E-state index contributed by atoms with van der Waals surface area (Å²) in [4.78, 5) is 0. The first-order valence-electron chi connectivity index (χ1n) is 11.3. The Kier molecular flexibility index (Phi) is 17.6. The molecule has 7 heteroatoms. The molecule has 0 saturated heterocycles. The lowest BCUT2D eigenvalue weighted by Gasteiger charge is -2.19. The molecule has 0 aromatic rings. The lowest BCUT2D eigenvalue weighted by Crippen LogP contribution is -2.36. The molecule has 0 rings (SSSR count). The molecule has 176 valence electrons. The monoisotopic (exact) mass is 448 g/mol. The van der Waals surface area contributed by atoms with Crippen molar-refractivity contribution in [3.8, 4) is 0 Å². The first-order valence-corrected chi connectivity index (χ1v) is 12.5. The Labute approximate surface area is 178 Å². The van der Waals surface area contributed by atoms with E-state index >= 15 is 0 Å². The van der Waals surface area contributed by atoms with Crippen molar-refractivity contribution in [3.05, 3.63) is 0 Å². The summed E-state index contributed by atoms with van der Waals surface area (Å²) in [5.74, 6) is -2.23. The van der Waals surface area contributed by atoms with E-state index in [4.69, 9.17) is 4.74 Å². The third-order valence-electron chi connectivity index (χ3n) is 4.87. The van der Waals surface area contributed by atoms with Crippen LogP contribution in [0.1, 0.15) is 104 Å². The Morgan fingerprint density at radius 1 is 0.621 bits per heavy atom. The average Bonchev–Trinajstić information content (AvgIpc) is 2.62. The van der Waals surface area contributed by atoms with Crippen molar-refractivity contribution < 1.29 is 26.7 Å². The predicted molar refractivity (Wildman–Crippen MR) is 114 cm³/mol. The fourth-order valence-electron chi connectivity index (χ4n) is 3.08. The molecular weight excluding hydrogens is 407 g/mol. The largest absolute Gasteiger partial charge is 0.453 e. The molecule has 0 heterocycles. The zero-order valence-electron chi connectivity index (χ0n) is 18.3. The van der Waals surface area contributed by atoms with Crippen molar-refractivity contribution in [2.75, 3.05) is 18.1 Å². The summed E-state index contributed by atoms with van der Waals surface area (Å²) < 4.78 is 67.0. The van der Waals surface area contributed by atoms with Crippen molar-refractivity contribution in [2.45, 2.75) is 122 Å². The van der Waals surface area contributed by atoms with E-state index in [1.54, 1.807) is 0 Å². The molecule has 0 bridgehead atoms.